The molecule has 0 unspecified atom stereocenters. The maximum Gasteiger partial charge on any atom is 0.295 e. The first-order valence-corrected chi connectivity index (χ1v) is 10.8. The molecule has 0 saturated carbocycles. The topological polar surface area (TPSA) is 79.3 Å². The first kappa shape index (κ1) is 24.3. The lowest BCUT2D eigenvalue weighted by Gasteiger charge is -2.26. The van der Waals surface area contributed by atoms with Crippen molar-refractivity contribution in [3.05, 3.63) is 65.0 Å². The first-order chi connectivity index (χ1) is 15.8. The Balaban J connectivity index is 2.12. The highest BCUT2D eigenvalue weighted by Gasteiger charge is 2.46. The summed E-state index contributed by atoms with van der Waals surface area (Å²) in [5.41, 5.74) is 0.816. The minimum absolute atomic E-state index is 0.0392. The lowest BCUT2D eigenvalue weighted by Crippen LogP contribution is -2.32. The van der Waals surface area contributed by atoms with Gasteiger partial charge in [0.15, 0.2) is 11.5 Å². The quantitative estimate of drug-likeness (QED) is 0.353. The van der Waals surface area contributed by atoms with Gasteiger partial charge in [0.25, 0.3) is 11.7 Å². The van der Waals surface area contributed by atoms with Crippen LogP contribution in [0.2, 0.25) is 0 Å². The van der Waals surface area contributed by atoms with Crippen LogP contribution < -0.4 is 9.47 Å². The predicted octanol–water partition coefficient (Wildman–Crippen LogP) is 3.61. The van der Waals surface area contributed by atoms with Crippen LogP contribution in [0.25, 0.3) is 5.76 Å². The minimum atomic E-state index is -0.818. The van der Waals surface area contributed by atoms with Gasteiger partial charge in [-0.25, -0.2) is 4.39 Å². The molecule has 1 aliphatic rings. The number of amides is 1. The zero-order valence-corrected chi connectivity index (χ0v) is 19.3. The molecule has 1 aliphatic heterocycles. The molecule has 3 rings (SSSR count). The standard InChI is InChI=1S/C25H29FN2O5/c1-5-33-19-12-9-17(15-20(19)32-4)22-21(23(29)16-7-10-18(26)11-8-16)24(30)25(31)28(22)14-6-13-27(2)3/h7-12,15,22,29H,5-6,13-14H2,1-4H3/b23-21+/t22-/m0/s1. The summed E-state index contributed by atoms with van der Waals surface area (Å²) in [4.78, 5) is 29.5. The van der Waals surface area contributed by atoms with Gasteiger partial charge in [-0.1, -0.05) is 6.07 Å². The fraction of sp³-hybridized carbons (Fsp3) is 0.360. The van der Waals surface area contributed by atoms with Gasteiger partial charge in [0, 0.05) is 12.1 Å². The number of likely N-dealkylation sites (tertiary alicyclic amines) is 1. The van der Waals surface area contributed by atoms with Crippen molar-refractivity contribution in [1.82, 2.24) is 9.80 Å². The van der Waals surface area contributed by atoms with Gasteiger partial charge in [-0.15, -0.1) is 0 Å². The third-order valence-corrected chi connectivity index (χ3v) is 5.47. The van der Waals surface area contributed by atoms with Crippen LogP contribution in [0.5, 0.6) is 11.5 Å². The van der Waals surface area contributed by atoms with Crippen LogP contribution in [0, 0.1) is 5.82 Å². The third kappa shape index (κ3) is 5.17. The van der Waals surface area contributed by atoms with E-state index in [0.717, 1.165) is 6.54 Å². The predicted molar refractivity (Wildman–Crippen MR) is 123 cm³/mol. The monoisotopic (exact) mass is 456 g/mol. The molecule has 1 N–H and O–H groups in total. The number of benzene rings is 2. The van der Waals surface area contributed by atoms with Gasteiger partial charge in [0.1, 0.15) is 11.6 Å². The normalized spacial score (nSPS) is 17.6. The van der Waals surface area contributed by atoms with E-state index < -0.39 is 23.5 Å². The average molecular weight is 457 g/mol. The van der Waals surface area contributed by atoms with Gasteiger partial charge in [0.2, 0.25) is 0 Å². The number of methoxy groups -OCH3 is 1. The number of nitrogens with zero attached hydrogens (tertiary/aromatic N) is 2. The first-order valence-electron chi connectivity index (χ1n) is 10.8. The molecule has 1 heterocycles. The molecular formula is C25H29FN2O5. The highest BCUT2D eigenvalue weighted by atomic mass is 19.1. The second kappa shape index (κ2) is 10.5. The summed E-state index contributed by atoms with van der Waals surface area (Å²) in [5, 5.41) is 11.0. The Hall–Kier alpha value is -3.39. The summed E-state index contributed by atoms with van der Waals surface area (Å²) >= 11 is 0. The van der Waals surface area contributed by atoms with Crippen molar-refractivity contribution in [1.29, 1.82) is 0 Å². The van der Waals surface area contributed by atoms with Gasteiger partial charge < -0.3 is 24.4 Å². The summed E-state index contributed by atoms with van der Waals surface area (Å²) in [5.74, 6) is -1.29. The van der Waals surface area contributed by atoms with Gasteiger partial charge in [-0.2, -0.15) is 0 Å². The summed E-state index contributed by atoms with van der Waals surface area (Å²) in [6, 6.07) is 9.49. The van der Waals surface area contributed by atoms with E-state index in [-0.39, 0.29) is 16.9 Å². The molecule has 2 aromatic rings. The molecule has 176 valence electrons. The van der Waals surface area contributed by atoms with E-state index in [2.05, 4.69) is 0 Å². The number of carbonyl (C=O) groups is 2. The Morgan fingerprint density at radius 2 is 1.82 bits per heavy atom. The Labute approximate surface area is 193 Å². The summed E-state index contributed by atoms with van der Waals surface area (Å²) in [7, 11) is 5.36. The number of aliphatic hydroxyl groups excluding tert-OH is 1. The number of aliphatic hydroxyl groups is 1. The molecule has 2 aromatic carbocycles. The van der Waals surface area contributed by atoms with E-state index in [0.29, 0.717) is 36.6 Å². The van der Waals surface area contributed by atoms with Crippen molar-refractivity contribution in [3.8, 4) is 11.5 Å². The molecule has 8 heteroatoms. The van der Waals surface area contributed by atoms with Crippen molar-refractivity contribution in [3.63, 3.8) is 0 Å². The second-order valence-corrected chi connectivity index (χ2v) is 8.00. The van der Waals surface area contributed by atoms with Crippen molar-refractivity contribution < 1.29 is 28.6 Å². The van der Waals surface area contributed by atoms with Crippen LogP contribution in [-0.2, 0) is 9.59 Å². The van der Waals surface area contributed by atoms with E-state index in [1.165, 1.54) is 36.3 Å². The number of Topliss-reactive ketones (excluding diaryl/α,β-unsaturated/α-hetero) is 1. The van der Waals surface area contributed by atoms with Crippen LogP contribution in [0.4, 0.5) is 4.39 Å². The molecule has 0 radical (unpaired) electrons. The van der Waals surface area contributed by atoms with Crippen LogP contribution >= 0.6 is 0 Å². The number of hydrogen-bond donors (Lipinski definition) is 1. The zero-order valence-electron chi connectivity index (χ0n) is 19.3. The molecule has 0 aliphatic carbocycles. The van der Waals surface area contributed by atoms with E-state index >= 15 is 0 Å². The molecule has 7 nitrogen and oxygen atoms in total. The maximum atomic E-state index is 13.4. The maximum absolute atomic E-state index is 13.4. The summed E-state index contributed by atoms with van der Waals surface area (Å²) in [6.07, 6.45) is 0.640. The van der Waals surface area contributed by atoms with Crippen molar-refractivity contribution in [2.24, 2.45) is 0 Å². The number of carbonyl (C=O) groups excluding carboxylic acids is 2. The highest BCUT2D eigenvalue weighted by molar-refractivity contribution is 6.46. The number of halogens is 1. The Morgan fingerprint density at radius 1 is 1.12 bits per heavy atom. The Kier molecular flexibility index (Phi) is 7.71. The fourth-order valence-corrected chi connectivity index (χ4v) is 3.91. The summed E-state index contributed by atoms with van der Waals surface area (Å²) < 4.78 is 24.4. The van der Waals surface area contributed by atoms with Gasteiger partial charge >= 0.3 is 0 Å². The van der Waals surface area contributed by atoms with Gasteiger partial charge in [-0.05, 0) is 75.9 Å². The molecule has 1 atom stereocenters. The fourth-order valence-electron chi connectivity index (χ4n) is 3.91. The number of hydrogen-bond acceptors (Lipinski definition) is 6. The second-order valence-electron chi connectivity index (χ2n) is 8.00. The molecule has 0 spiro atoms. The molecule has 0 aromatic heterocycles. The minimum Gasteiger partial charge on any atom is -0.507 e. The smallest absolute Gasteiger partial charge is 0.295 e. The van der Waals surface area contributed by atoms with Crippen molar-refractivity contribution >= 4 is 17.4 Å². The Morgan fingerprint density at radius 3 is 2.42 bits per heavy atom. The van der Waals surface area contributed by atoms with Crippen molar-refractivity contribution in [2.75, 3.05) is 40.9 Å². The molecule has 0 bridgehead atoms. The van der Waals surface area contributed by atoms with Crippen LogP contribution in [-0.4, -0.2) is 67.5 Å². The molecule has 1 amide bonds. The van der Waals surface area contributed by atoms with Gasteiger partial charge in [-0.3, -0.25) is 9.59 Å². The lowest BCUT2D eigenvalue weighted by atomic mass is 9.95. The number of rotatable bonds is 9. The molecular weight excluding hydrogens is 427 g/mol. The van der Waals surface area contributed by atoms with Crippen LogP contribution in [0.3, 0.4) is 0 Å². The highest BCUT2D eigenvalue weighted by Crippen LogP contribution is 2.42. The third-order valence-electron chi connectivity index (χ3n) is 5.47. The Bertz CT molecular complexity index is 1050. The van der Waals surface area contributed by atoms with E-state index in [9.17, 15) is 19.1 Å². The number of ether oxygens (including phenoxy) is 2. The van der Waals surface area contributed by atoms with E-state index in [4.69, 9.17) is 9.47 Å². The largest absolute Gasteiger partial charge is 0.507 e. The van der Waals surface area contributed by atoms with E-state index in [1.54, 1.807) is 18.2 Å². The van der Waals surface area contributed by atoms with E-state index in [1.807, 2.05) is 25.9 Å². The average Bonchev–Trinajstić information content (AvgIpc) is 3.04. The molecule has 1 fully saturated rings. The number of ketones is 1. The zero-order chi connectivity index (χ0) is 24.1. The SMILES string of the molecule is CCOc1ccc([C@H]2/C(=C(\O)c3ccc(F)cc3)C(=O)C(=O)N2CCCN(C)C)cc1OC. The molecule has 1 saturated heterocycles. The lowest BCUT2D eigenvalue weighted by molar-refractivity contribution is -0.139. The molecule has 33 heavy (non-hydrogen) atoms. The van der Waals surface area contributed by atoms with Crippen LogP contribution in [0.1, 0.15) is 30.5 Å². The van der Waals surface area contributed by atoms with Crippen molar-refractivity contribution in [2.45, 2.75) is 19.4 Å². The summed E-state index contributed by atoms with van der Waals surface area (Å²) in [6.45, 7) is 3.35. The van der Waals surface area contributed by atoms with Gasteiger partial charge in [0.05, 0.1) is 25.3 Å². The van der Waals surface area contributed by atoms with Crippen LogP contribution in [0.15, 0.2) is 48.0 Å².